The van der Waals surface area contributed by atoms with Crippen molar-refractivity contribution in [2.45, 2.75) is 38.3 Å². The first-order valence-electron chi connectivity index (χ1n) is 6.48. The second-order valence-electron chi connectivity index (χ2n) is 5.13. The van der Waals surface area contributed by atoms with Crippen LogP contribution >= 0.6 is 12.4 Å². The third kappa shape index (κ3) is 3.90. The highest BCUT2D eigenvalue weighted by Crippen LogP contribution is 2.19. The fourth-order valence-electron chi connectivity index (χ4n) is 2.29. The number of nitrogens with one attached hydrogen (secondary N) is 2. The molecule has 2 rings (SSSR count). The zero-order valence-corrected chi connectivity index (χ0v) is 12.2. The summed E-state index contributed by atoms with van der Waals surface area (Å²) in [5.74, 6) is -1.40. The van der Waals surface area contributed by atoms with Crippen LogP contribution in [0.1, 0.15) is 31.7 Å². The van der Waals surface area contributed by atoms with E-state index in [-0.39, 0.29) is 30.4 Å². The summed E-state index contributed by atoms with van der Waals surface area (Å²) in [5, 5.41) is 5.90. The maximum absolute atomic E-state index is 13.4. The average molecular weight is 305 g/mol. The largest absolute Gasteiger partial charge is 0.350 e. The normalized spacial score (nSPS) is 21.9. The Morgan fingerprint density at radius 2 is 2.15 bits per heavy atom. The quantitative estimate of drug-likeness (QED) is 0.901. The van der Waals surface area contributed by atoms with Gasteiger partial charge in [-0.05, 0) is 38.8 Å². The number of hydrogen-bond acceptors (Lipinski definition) is 2. The average Bonchev–Trinajstić information content (AvgIpc) is 2.38. The minimum Gasteiger partial charge on any atom is -0.350 e. The van der Waals surface area contributed by atoms with Crippen LogP contribution in [0.5, 0.6) is 0 Å². The lowest BCUT2D eigenvalue weighted by Crippen LogP contribution is -2.56. The molecule has 0 aromatic heterocycles. The second kappa shape index (κ2) is 6.99. The van der Waals surface area contributed by atoms with Crippen molar-refractivity contribution in [3.8, 4) is 0 Å². The van der Waals surface area contributed by atoms with E-state index >= 15 is 0 Å². The third-order valence-corrected chi connectivity index (χ3v) is 3.57. The van der Waals surface area contributed by atoms with Crippen molar-refractivity contribution in [2.24, 2.45) is 0 Å². The summed E-state index contributed by atoms with van der Waals surface area (Å²) in [7, 11) is 0. The molecule has 0 saturated carbocycles. The first-order chi connectivity index (χ1) is 9.01. The first-order valence-corrected chi connectivity index (χ1v) is 6.48. The molecule has 6 heteroatoms. The van der Waals surface area contributed by atoms with Crippen LogP contribution < -0.4 is 10.6 Å². The van der Waals surface area contributed by atoms with Gasteiger partial charge in [-0.2, -0.15) is 0 Å². The number of benzene rings is 1. The van der Waals surface area contributed by atoms with Gasteiger partial charge in [0, 0.05) is 18.2 Å². The lowest BCUT2D eigenvalue weighted by atomic mass is 9.90. The van der Waals surface area contributed by atoms with E-state index in [1.807, 2.05) is 6.92 Å². The van der Waals surface area contributed by atoms with Crippen LogP contribution in [0.15, 0.2) is 18.2 Å². The Kier molecular flexibility index (Phi) is 5.89. The minimum absolute atomic E-state index is 0. The Labute approximate surface area is 123 Å². The summed E-state index contributed by atoms with van der Waals surface area (Å²) in [6.45, 7) is 2.74. The number of carbonyl (C=O) groups excluding carboxylic acids is 1. The van der Waals surface area contributed by atoms with E-state index in [0.29, 0.717) is 0 Å². The highest BCUT2D eigenvalue weighted by molar-refractivity contribution is 5.86. The standard InChI is InChI=1S/C14H18F2N2O.ClH/c1-14(6-2-3-7-18-14)13(19)17-9-10-4-5-11(15)8-12(10)16;/h4-5,8,18H,2-3,6-7,9H2,1H3,(H,17,19);1H. The van der Waals surface area contributed by atoms with Crippen molar-refractivity contribution in [1.82, 2.24) is 10.6 Å². The summed E-state index contributed by atoms with van der Waals surface area (Å²) in [5.41, 5.74) is -0.302. The number of carbonyl (C=O) groups is 1. The minimum atomic E-state index is -0.637. The lowest BCUT2D eigenvalue weighted by Gasteiger charge is -2.33. The van der Waals surface area contributed by atoms with E-state index in [1.54, 1.807) is 0 Å². The molecule has 1 fully saturated rings. The Morgan fingerprint density at radius 1 is 1.40 bits per heavy atom. The van der Waals surface area contributed by atoms with Gasteiger partial charge in [0.2, 0.25) is 5.91 Å². The summed E-state index contributed by atoms with van der Waals surface area (Å²) >= 11 is 0. The maximum Gasteiger partial charge on any atom is 0.240 e. The Bertz CT molecular complexity index is 476. The topological polar surface area (TPSA) is 41.1 Å². The number of halogens is 3. The fraction of sp³-hybridized carbons (Fsp3) is 0.500. The van der Waals surface area contributed by atoms with Crippen LogP contribution in [0, 0.1) is 11.6 Å². The molecule has 1 heterocycles. The molecule has 20 heavy (non-hydrogen) atoms. The molecule has 2 N–H and O–H groups in total. The van der Waals surface area contributed by atoms with E-state index in [9.17, 15) is 13.6 Å². The lowest BCUT2D eigenvalue weighted by molar-refractivity contribution is -0.128. The van der Waals surface area contributed by atoms with Crippen molar-refractivity contribution in [3.63, 3.8) is 0 Å². The molecule has 0 bridgehead atoms. The smallest absolute Gasteiger partial charge is 0.240 e. The molecule has 0 radical (unpaired) electrons. The van der Waals surface area contributed by atoms with E-state index in [2.05, 4.69) is 10.6 Å². The summed E-state index contributed by atoms with van der Waals surface area (Å²) in [6.07, 6.45) is 2.84. The molecule has 1 aromatic carbocycles. The number of hydrogen-bond donors (Lipinski definition) is 2. The van der Waals surface area contributed by atoms with Gasteiger partial charge >= 0.3 is 0 Å². The SMILES string of the molecule is CC1(C(=O)NCc2ccc(F)cc2F)CCCCN1.Cl. The Balaban J connectivity index is 0.00000200. The molecule has 0 spiro atoms. The van der Waals surface area contributed by atoms with Crippen molar-refractivity contribution in [1.29, 1.82) is 0 Å². The van der Waals surface area contributed by atoms with Gasteiger partial charge in [0.05, 0.1) is 5.54 Å². The van der Waals surface area contributed by atoms with Gasteiger partial charge < -0.3 is 10.6 Å². The number of amides is 1. The van der Waals surface area contributed by atoms with E-state index in [1.165, 1.54) is 12.1 Å². The molecular weight excluding hydrogens is 286 g/mol. The molecular formula is C14H19ClF2N2O. The molecule has 1 atom stereocenters. The van der Waals surface area contributed by atoms with Crippen LogP contribution in [-0.4, -0.2) is 18.0 Å². The van der Waals surface area contributed by atoms with Gasteiger partial charge in [-0.15, -0.1) is 12.4 Å². The van der Waals surface area contributed by atoms with E-state index in [0.717, 1.165) is 31.9 Å². The highest BCUT2D eigenvalue weighted by atomic mass is 35.5. The van der Waals surface area contributed by atoms with Crippen LogP contribution in [-0.2, 0) is 11.3 Å². The predicted octanol–water partition coefficient (Wildman–Crippen LogP) is 2.54. The Hall–Kier alpha value is -1.20. The van der Waals surface area contributed by atoms with Gasteiger partial charge in [-0.3, -0.25) is 4.79 Å². The first kappa shape index (κ1) is 16.9. The van der Waals surface area contributed by atoms with Crippen molar-refractivity contribution >= 4 is 18.3 Å². The molecule has 112 valence electrons. The van der Waals surface area contributed by atoms with Gasteiger partial charge in [-0.1, -0.05) is 6.07 Å². The molecule has 3 nitrogen and oxygen atoms in total. The molecule has 0 aliphatic carbocycles. The third-order valence-electron chi connectivity index (χ3n) is 3.57. The van der Waals surface area contributed by atoms with Gasteiger partial charge in [0.25, 0.3) is 0 Å². The van der Waals surface area contributed by atoms with Crippen molar-refractivity contribution < 1.29 is 13.6 Å². The van der Waals surface area contributed by atoms with Crippen LogP contribution in [0.2, 0.25) is 0 Å². The zero-order chi connectivity index (χ0) is 13.9. The molecule has 1 saturated heterocycles. The predicted molar refractivity (Wildman–Crippen MR) is 75.7 cm³/mol. The van der Waals surface area contributed by atoms with E-state index in [4.69, 9.17) is 0 Å². The van der Waals surface area contributed by atoms with Gasteiger partial charge in [0.15, 0.2) is 0 Å². The zero-order valence-electron chi connectivity index (χ0n) is 11.3. The fourth-order valence-corrected chi connectivity index (χ4v) is 2.29. The van der Waals surface area contributed by atoms with Gasteiger partial charge in [0.1, 0.15) is 11.6 Å². The molecule has 1 unspecified atom stereocenters. The summed E-state index contributed by atoms with van der Waals surface area (Å²) in [6, 6.07) is 3.36. The number of rotatable bonds is 3. The summed E-state index contributed by atoms with van der Waals surface area (Å²) in [4.78, 5) is 12.1. The van der Waals surface area contributed by atoms with Crippen LogP contribution in [0.4, 0.5) is 8.78 Å². The summed E-state index contributed by atoms with van der Waals surface area (Å²) < 4.78 is 26.2. The molecule has 1 amide bonds. The second-order valence-corrected chi connectivity index (χ2v) is 5.13. The molecule has 1 aliphatic heterocycles. The van der Waals surface area contributed by atoms with Crippen LogP contribution in [0.25, 0.3) is 0 Å². The highest BCUT2D eigenvalue weighted by Gasteiger charge is 2.33. The van der Waals surface area contributed by atoms with Gasteiger partial charge in [-0.25, -0.2) is 8.78 Å². The Morgan fingerprint density at radius 3 is 2.75 bits per heavy atom. The number of piperidine rings is 1. The van der Waals surface area contributed by atoms with Crippen molar-refractivity contribution in [2.75, 3.05) is 6.54 Å². The van der Waals surface area contributed by atoms with Crippen LogP contribution in [0.3, 0.4) is 0 Å². The van der Waals surface area contributed by atoms with Crippen molar-refractivity contribution in [3.05, 3.63) is 35.4 Å². The maximum atomic E-state index is 13.4. The monoisotopic (exact) mass is 304 g/mol. The van der Waals surface area contributed by atoms with E-state index < -0.39 is 17.2 Å². The molecule has 1 aliphatic rings. The molecule has 1 aromatic rings.